The third-order valence-electron chi connectivity index (χ3n) is 4.63. The number of amides is 1. The number of hydrogen-bond acceptors (Lipinski definition) is 6. The molecule has 1 unspecified atom stereocenters. The molecule has 0 saturated heterocycles. The minimum absolute atomic E-state index is 0.00546. The van der Waals surface area contributed by atoms with Gasteiger partial charge in [-0.05, 0) is 43.2 Å². The molecule has 0 radical (unpaired) electrons. The van der Waals surface area contributed by atoms with Crippen molar-refractivity contribution in [2.45, 2.75) is 31.6 Å². The van der Waals surface area contributed by atoms with Crippen molar-refractivity contribution in [1.82, 2.24) is 10.1 Å². The molecule has 8 heteroatoms. The highest BCUT2D eigenvalue weighted by Crippen LogP contribution is 2.25. The molecular weight excluding hydrogens is 394 g/mol. The number of carbonyl (C=O) groups excluding carboxylic acids is 1. The van der Waals surface area contributed by atoms with Crippen LogP contribution in [0.15, 0.2) is 52.8 Å². The third kappa shape index (κ3) is 5.68. The molecule has 1 aromatic heterocycles. The standard InChI is InChI=1S/C21H24ClN3O4/c1-28-18-8-6-15(7-9-18)21-23-19(29-24-21)10-11-20(27)25(12-3-13-26)17-5-2-4-16(22)14-17/h2,4-6,8-9,14-15,26H,3,7,10-13H2,1H3. The Balaban J connectivity index is 1.61. The van der Waals surface area contributed by atoms with Gasteiger partial charge >= 0.3 is 0 Å². The van der Waals surface area contributed by atoms with Crippen LogP contribution in [0.25, 0.3) is 0 Å². The van der Waals surface area contributed by atoms with Gasteiger partial charge in [-0.2, -0.15) is 4.98 Å². The van der Waals surface area contributed by atoms with Crippen LogP contribution < -0.4 is 4.90 Å². The number of aromatic nitrogens is 2. The molecule has 2 aromatic rings. The fourth-order valence-electron chi connectivity index (χ4n) is 3.08. The summed E-state index contributed by atoms with van der Waals surface area (Å²) in [5.74, 6) is 1.79. The van der Waals surface area contributed by atoms with Crippen molar-refractivity contribution in [1.29, 1.82) is 0 Å². The number of carbonyl (C=O) groups is 1. The quantitative estimate of drug-likeness (QED) is 0.670. The molecule has 1 amide bonds. The highest BCUT2D eigenvalue weighted by Gasteiger charge is 2.20. The van der Waals surface area contributed by atoms with Crippen molar-refractivity contribution < 1.29 is 19.2 Å². The number of halogens is 1. The van der Waals surface area contributed by atoms with Crippen molar-refractivity contribution in [3.63, 3.8) is 0 Å². The Morgan fingerprint density at radius 3 is 3.00 bits per heavy atom. The summed E-state index contributed by atoms with van der Waals surface area (Å²) in [6.45, 7) is 0.414. The number of benzene rings is 1. The maximum absolute atomic E-state index is 12.8. The van der Waals surface area contributed by atoms with Crippen LogP contribution >= 0.6 is 11.6 Å². The zero-order valence-electron chi connectivity index (χ0n) is 16.3. The molecule has 0 spiro atoms. The number of rotatable bonds is 9. The second-order valence-electron chi connectivity index (χ2n) is 6.66. The van der Waals surface area contributed by atoms with Gasteiger partial charge in [0, 0.05) is 42.6 Å². The highest BCUT2D eigenvalue weighted by atomic mass is 35.5. The van der Waals surface area contributed by atoms with Crippen LogP contribution in [-0.2, 0) is 16.0 Å². The summed E-state index contributed by atoms with van der Waals surface area (Å²) in [4.78, 5) is 18.8. The van der Waals surface area contributed by atoms with E-state index in [0.29, 0.717) is 41.8 Å². The van der Waals surface area contributed by atoms with E-state index in [1.54, 1.807) is 30.2 Å². The zero-order chi connectivity index (χ0) is 20.6. The maximum Gasteiger partial charge on any atom is 0.227 e. The summed E-state index contributed by atoms with van der Waals surface area (Å²) >= 11 is 6.06. The largest absolute Gasteiger partial charge is 0.497 e. The van der Waals surface area contributed by atoms with Crippen LogP contribution in [0.5, 0.6) is 0 Å². The Kier molecular flexibility index (Phi) is 7.43. The lowest BCUT2D eigenvalue weighted by molar-refractivity contribution is -0.118. The van der Waals surface area contributed by atoms with Crippen LogP contribution in [0.4, 0.5) is 5.69 Å². The van der Waals surface area contributed by atoms with Crippen LogP contribution in [-0.4, -0.2) is 41.4 Å². The van der Waals surface area contributed by atoms with Crippen molar-refractivity contribution in [2.24, 2.45) is 0 Å². The summed E-state index contributed by atoms with van der Waals surface area (Å²) in [5, 5.41) is 13.8. The Morgan fingerprint density at radius 2 is 2.31 bits per heavy atom. The SMILES string of the molecule is COC1=CCC(c2noc(CCC(=O)N(CCCO)c3cccc(Cl)c3)n2)C=C1. The maximum atomic E-state index is 12.8. The van der Waals surface area contributed by atoms with Crippen LogP contribution in [0.2, 0.25) is 5.02 Å². The van der Waals surface area contributed by atoms with Crippen molar-refractivity contribution in [2.75, 3.05) is 25.2 Å². The minimum Gasteiger partial charge on any atom is -0.497 e. The Labute approximate surface area is 174 Å². The lowest BCUT2D eigenvalue weighted by Gasteiger charge is -2.22. The molecule has 1 atom stereocenters. The monoisotopic (exact) mass is 417 g/mol. The Hall–Kier alpha value is -2.64. The molecule has 154 valence electrons. The first-order valence-corrected chi connectivity index (χ1v) is 9.90. The van der Waals surface area contributed by atoms with E-state index in [9.17, 15) is 4.79 Å². The number of ether oxygens (including phenoxy) is 1. The summed E-state index contributed by atoms with van der Waals surface area (Å²) in [5.41, 5.74) is 0.704. The molecule has 1 aliphatic carbocycles. The molecule has 1 heterocycles. The lowest BCUT2D eigenvalue weighted by atomic mass is 9.99. The van der Waals surface area contributed by atoms with Crippen LogP contribution in [0.3, 0.4) is 0 Å². The predicted octanol–water partition coefficient (Wildman–Crippen LogP) is 3.65. The Bertz CT molecular complexity index is 894. The molecule has 29 heavy (non-hydrogen) atoms. The minimum atomic E-state index is -0.0919. The van der Waals surface area contributed by atoms with E-state index in [1.807, 2.05) is 24.3 Å². The van der Waals surface area contributed by atoms with Crippen molar-refractivity contribution in [3.8, 4) is 0 Å². The molecule has 3 rings (SSSR count). The number of allylic oxidation sites excluding steroid dienone is 3. The van der Waals surface area contributed by atoms with E-state index in [-0.39, 0.29) is 24.9 Å². The highest BCUT2D eigenvalue weighted by molar-refractivity contribution is 6.30. The van der Waals surface area contributed by atoms with Crippen LogP contribution in [0.1, 0.15) is 36.9 Å². The Morgan fingerprint density at radius 1 is 1.45 bits per heavy atom. The van der Waals surface area contributed by atoms with Gasteiger partial charge in [0.15, 0.2) is 5.82 Å². The average molecular weight is 418 g/mol. The number of aliphatic hydroxyl groups excluding tert-OH is 1. The number of nitrogens with zero attached hydrogens (tertiary/aromatic N) is 3. The molecule has 0 fully saturated rings. The van der Waals surface area contributed by atoms with Gasteiger partial charge in [-0.15, -0.1) is 0 Å². The normalized spacial score (nSPS) is 15.8. The van der Waals surface area contributed by atoms with E-state index >= 15 is 0 Å². The van der Waals surface area contributed by atoms with E-state index in [2.05, 4.69) is 10.1 Å². The van der Waals surface area contributed by atoms with E-state index in [4.69, 9.17) is 26.0 Å². The van der Waals surface area contributed by atoms with Gasteiger partial charge in [-0.1, -0.05) is 28.9 Å². The first-order valence-electron chi connectivity index (χ1n) is 9.52. The first-order chi connectivity index (χ1) is 14.1. The summed E-state index contributed by atoms with van der Waals surface area (Å²) < 4.78 is 10.5. The van der Waals surface area contributed by atoms with Crippen molar-refractivity contribution >= 4 is 23.2 Å². The fourth-order valence-corrected chi connectivity index (χ4v) is 3.27. The van der Waals surface area contributed by atoms with Crippen molar-refractivity contribution in [3.05, 3.63) is 65.0 Å². The van der Waals surface area contributed by atoms with E-state index < -0.39 is 0 Å². The second kappa shape index (κ2) is 10.2. The molecule has 0 aliphatic heterocycles. The summed E-state index contributed by atoms with van der Waals surface area (Å²) in [6, 6.07) is 7.11. The molecule has 1 N–H and O–H groups in total. The molecule has 0 bridgehead atoms. The zero-order valence-corrected chi connectivity index (χ0v) is 17.0. The van der Waals surface area contributed by atoms with Crippen LogP contribution in [0, 0.1) is 0 Å². The number of aliphatic hydroxyl groups is 1. The molecule has 0 saturated carbocycles. The smallest absolute Gasteiger partial charge is 0.227 e. The molecule has 1 aromatic carbocycles. The fraction of sp³-hybridized carbons (Fsp3) is 0.381. The number of anilines is 1. The van der Waals surface area contributed by atoms with Gasteiger partial charge in [0.25, 0.3) is 0 Å². The number of methoxy groups -OCH3 is 1. The van der Waals surface area contributed by atoms with Gasteiger partial charge in [0.05, 0.1) is 7.11 Å². The third-order valence-corrected chi connectivity index (χ3v) is 4.87. The second-order valence-corrected chi connectivity index (χ2v) is 7.10. The van der Waals surface area contributed by atoms with E-state index in [1.165, 1.54) is 0 Å². The molecule has 7 nitrogen and oxygen atoms in total. The van der Waals surface area contributed by atoms with Gasteiger partial charge < -0.3 is 19.3 Å². The molecular formula is C21H24ClN3O4. The first kappa shape index (κ1) is 21.1. The molecule has 1 aliphatic rings. The number of hydrogen-bond donors (Lipinski definition) is 1. The summed E-state index contributed by atoms with van der Waals surface area (Å²) in [6.07, 6.45) is 7.63. The topological polar surface area (TPSA) is 88.7 Å². The number of aryl methyl sites for hydroxylation is 1. The van der Waals surface area contributed by atoms with E-state index in [0.717, 1.165) is 12.2 Å². The summed E-state index contributed by atoms with van der Waals surface area (Å²) in [7, 11) is 1.63. The average Bonchev–Trinajstić information content (AvgIpc) is 3.22. The lowest BCUT2D eigenvalue weighted by Crippen LogP contribution is -2.32. The van der Waals surface area contributed by atoms with Gasteiger partial charge in [0.1, 0.15) is 5.76 Å². The predicted molar refractivity (Wildman–Crippen MR) is 110 cm³/mol. The van der Waals surface area contributed by atoms with Gasteiger partial charge in [0.2, 0.25) is 11.8 Å². The van der Waals surface area contributed by atoms with Gasteiger partial charge in [-0.25, -0.2) is 0 Å². The van der Waals surface area contributed by atoms with Gasteiger partial charge in [-0.3, -0.25) is 4.79 Å².